The highest BCUT2D eigenvalue weighted by molar-refractivity contribution is 7.89. The maximum absolute atomic E-state index is 13.3. The van der Waals surface area contributed by atoms with Crippen LogP contribution in [0.3, 0.4) is 0 Å². The van der Waals surface area contributed by atoms with E-state index in [1.54, 1.807) is 24.3 Å². The van der Waals surface area contributed by atoms with E-state index in [9.17, 15) is 8.42 Å². The SMILES string of the molecule is COc1cc(OC)cc(-c2cc(OC)c(OC)cc2S(=O)(=O)NCc2ccccc2)c1. The van der Waals surface area contributed by atoms with Crippen LogP contribution >= 0.6 is 0 Å². The molecule has 0 unspecified atom stereocenters. The minimum atomic E-state index is -3.90. The second kappa shape index (κ2) is 9.72. The van der Waals surface area contributed by atoms with Gasteiger partial charge in [0.25, 0.3) is 0 Å². The summed E-state index contributed by atoms with van der Waals surface area (Å²) in [5.41, 5.74) is 1.86. The molecule has 0 saturated heterocycles. The van der Waals surface area contributed by atoms with E-state index in [0.29, 0.717) is 34.1 Å². The largest absolute Gasteiger partial charge is 0.497 e. The molecule has 0 atom stereocenters. The number of sulfonamides is 1. The van der Waals surface area contributed by atoms with Gasteiger partial charge in [-0.25, -0.2) is 13.1 Å². The number of hydrogen-bond acceptors (Lipinski definition) is 6. The lowest BCUT2D eigenvalue weighted by molar-refractivity contribution is 0.354. The van der Waals surface area contributed by atoms with Crippen LogP contribution in [0.1, 0.15) is 5.56 Å². The highest BCUT2D eigenvalue weighted by atomic mass is 32.2. The van der Waals surface area contributed by atoms with Crippen LogP contribution in [0.15, 0.2) is 65.6 Å². The van der Waals surface area contributed by atoms with Crippen molar-refractivity contribution in [2.75, 3.05) is 28.4 Å². The molecule has 0 amide bonds. The number of benzene rings is 3. The predicted octanol–water partition coefficient (Wildman–Crippen LogP) is 3.87. The van der Waals surface area contributed by atoms with Crippen molar-refractivity contribution in [3.63, 3.8) is 0 Å². The molecule has 0 radical (unpaired) electrons. The average Bonchev–Trinajstić information content (AvgIpc) is 2.82. The Morgan fingerprint density at radius 2 is 1.32 bits per heavy atom. The molecule has 3 aromatic carbocycles. The lowest BCUT2D eigenvalue weighted by Crippen LogP contribution is -2.24. The van der Waals surface area contributed by atoms with Gasteiger partial charge in [-0.15, -0.1) is 0 Å². The van der Waals surface area contributed by atoms with Crippen LogP contribution in [-0.4, -0.2) is 36.9 Å². The van der Waals surface area contributed by atoms with Gasteiger partial charge in [-0.1, -0.05) is 30.3 Å². The van der Waals surface area contributed by atoms with Crippen molar-refractivity contribution in [2.24, 2.45) is 0 Å². The molecule has 0 bridgehead atoms. The second-order valence-corrected chi connectivity index (χ2v) is 8.35. The van der Waals surface area contributed by atoms with E-state index < -0.39 is 10.0 Å². The number of rotatable bonds is 9. The van der Waals surface area contributed by atoms with Gasteiger partial charge in [-0.3, -0.25) is 0 Å². The van der Waals surface area contributed by atoms with Crippen LogP contribution in [0, 0.1) is 0 Å². The molecule has 3 rings (SSSR count). The highest BCUT2D eigenvalue weighted by Crippen LogP contribution is 2.40. The van der Waals surface area contributed by atoms with Crippen molar-refractivity contribution < 1.29 is 27.4 Å². The van der Waals surface area contributed by atoms with E-state index in [4.69, 9.17) is 18.9 Å². The van der Waals surface area contributed by atoms with Gasteiger partial charge in [0.2, 0.25) is 10.0 Å². The van der Waals surface area contributed by atoms with Gasteiger partial charge in [0.05, 0.1) is 33.3 Å². The highest BCUT2D eigenvalue weighted by Gasteiger charge is 2.24. The van der Waals surface area contributed by atoms with Gasteiger partial charge in [-0.05, 0) is 29.3 Å². The summed E-state index contributed by atoms with van der Waals surface area (Å²) < 4.78 is 50.7. The molecule has 0 saturated carbocycles. The Hall–Kier alpha value is -3.23. The van der Waals surface area contributed by atoms with Crippen LogP contribution in [0.25, 0.3) is 11.1 Å². The molecule has 0 aliphatic carbocycles. The molecule has 31 heavy (non-hydrogen) atoms. The zero-order valence-electron chi connectivity index (χ0n) is 17.8. The van der Waals surface area contributed by atoms with Crippen molar-refractivity contribution in [2.45, 2.75) is 11.4 Å². The van der Waals surface area contributed by atoms with Crippen molar-refractivity contribution in [3.8, 4) is 34.1 Å². The summed E-state index contributed by atoms with van der Waals surface area (Å²) in [5.74, 6) is 1.77. The fraction of sp³-hybridized carbons (Fsp3) is 0.217. The zero-order valence-corrected chi connectivity index (χ0v) is 18.7. The van der Waals surface area contributed by atoms with E-state index >= 15 is 0 Å². The van der Waals surface area contributed by atoms with Gasteiger partial charge in [-0.2, -0.15) is 0 Å². The van der Waals surface area contributed by atoms with Crippen molar-refractivity contribution in [1.29, 1.82) is 0 Å². The fourth-order valence-electron chi connectivity index (χ4n) is 3.12. The Morgan fingerprint density at radius 3 is 1.87 bits per heavy atom. The Balaban J connectivity index is 2.14. The summed E-state index contributed by atoms with van der Waals surface area (Å²) >= 11 is 0. The maximum atomic E-state index is 13.3. The summed E-state index contributed by atoms with van der Waals surface area (Å²) in [6, 6.07) is 17.6. The van der Waals surface area contributed by atoms with Gasteiger partial charge in [0.15, 0.2) is 11.5 Å². The van der Waals surface area contributed by atoms with Crippen LogP contribution in [0.2, 0.25) is 0 Å². The average molecular weight is 444 g/mol. The van der Waals surface area contributed by atoms with E-state index in [1.807, 2.05) is 30.3 Å². The van der Waals surface area contributed by atoms with Gasteiger partial charge < -0.3 is 18.9 Å². The lowest BCUT2D eigenvalue weighted by Gasteiger charge is -2.17. The van der Waals surface area contributed by atoms with Crippen LogP contribution < -0.4 is 23.7 Å². The molecule has 0 aromatic heterocycles. The lowest BCUT2D eigenvalue weighted by atomic mass is 10.0. The van der Waals surface area contributed by atoms with E-state index in [-0.39, 0.29) is 11.4 Å². The molecule has 3 aromatic rings. The smallest absolute Gasteiger partial charge is 0.241 e. The van der Waals surface area contributed by atoms with E-state index in [0.717, 1.165) is 5.56 Å². The Kier molecular flexibility index (Phi) is 7.04. The maximum Gasteiger partial charge on any atom is 0.241 e. The number of methoxy groups -OCH3 is 4. The third-order valence-corrected chi connectivity index (χ3v) is 6.19. The summed E-state index contributed by atoms with van der Waals surface area (Å²) in [7, 11) is 2.12. The molecule has 0 spiro atoms. The topological polar surface area (TPSA) is 83.1 Å². The van der Waals surface area contributed by atoms with Crippen LogP contribution in [0.5, 0.6) is 23.0 Å². The Labute approximate surface area is 182 Å². The van der Waals surface area contributed by atoms with Gasteiger partial charge in [0, 0.05) is 24.2 Å². The summed E-state index contributed by atoms with van der Waals surface area (Å²) in [4.78, 5) is 0.0522. The molecule has 0 aliphatic heterocycles. The monoisotopic (exact) mass is 443 g/mol. The minimum Gasteiger partial charge on any atom is -0.497 e. The molecular formula is C23H25NO6S. The van der Waals surface area contributed by atoms with Gasteiger partial charge in [0.1, 0.15) is 11.5 Å². The van der Waals surface area contributed by atoms with Crippen LogP contribution in [-0.2, 0) is 16.6 Å². The quantitative estimate of drug-likeness (QED) is 0.541. The first kappa shape index (κ1) is 22.5. The minimum absolute atomic E-state index is 0.0522. The van der Waals surface area contributed by atoms with Crippen molar-refractivity contribution >= 4 is 10.0 Å². The van der Waals surface area contributed by atoms with Crippen molar-refractivity contribution in [3.05, 3.63) is 66.2 Å². The summed E-state index contributed by atoms with van der Waals surface area (Å²) in [6.45, 7) is 0.151. The first-order valence-corrected chi connectivity index (χ1v) is 10.9. The molecule has 7 nitrogen and oxygen atoms in total. The van der Waals surface area contributed by atoms with Crippen LogP contribution in [0.4, 0.5) is 0 Å². The summed E-state index contributed by atoms with van der Waals surface area (Å²) in [5, 5.41) is 0. The normalized spacial score (nSPS) is 11.1. The molecule has 8 heteroatoms. The number of nitrogens with one attached hydrogen (secondary N) is 1. The van der Waals surface area contributed by atoms with Gasteiger partial charge >= 0.3 is 0 Å². The third-order valence-electron chi connectivity index (χ3n) is 4.75. The molecule has 1 N–H and O–H groups in total. The first-order chi connectivity index (χ1) is 14.9. The zero-order chi connectivity index (χ0) is 22.4. The second-order valence-electron chi connectivity index (χ2n) is 6.61. The molecular weight excluding hydrogens is 418 g/mol. The summed E-state index contributed by atoms with van der Waals surface area (Å²) in [6.07, 6.45) is 0. The molecule has 0 heterocycles. The third kappa shape index (κ3) is 5.10. The van der Waals surface area contributed by atoms with E-state index in [2.05, 4.69) is 4.72 Å². The molecule has 164 valence electrons. The number of ether oxygens (including phenoxy) is 4. The van der Waals surface area contributed by atoms with Crippen molar-refractivity contribution in [1.82, 2.24) is 4.72 Å². The van der Waals surface area contributed by atoms with E-state index in [1.165, 1.54) is 34.5 Å². The number of hydrogen-bond donors (Lipinski definition) is 1. The predicted molar refractivity (Wildman–Crippen MR) is 119 cm³/mol. The standard InChI is InChI=1S/C23H25NO6S/c1-27-18-10-17(11-19(12-18)28-2)20-13-21(29-3)22(30-4)14-23(20)31(25,26)24-15-16-8-6-5-7-9-16/h5-14,24H,15H2,1-4H3. The Bertz CT molecular complexity index is 1120. The molecule has 0 fully saturated rings. The Morgan fingerprint density at radius 1 is 0.742 bits per heavy atom. The fourth-order valence-corrected chi connectivity index (χ4v) is 4.36. The molecule has 0 aliphatic rings. The first-order valence-electron chi connectivity index (χ1n) is 9.45.